The third-order valence-corrected chi connectivity index (χ3v) is 3.11. The molecule has 0 spiro atoms. The van der Waals surface area contributed by atoms with Crippen LogP contribution in [0, 0.1) is 0 Å². The molecule has 4 heteroatoms. The first kappa shape index (κ1) is 14.1. The summed E-state index contributed by atoms with van der Waals surface area (Å²) in [6.07, 6.45) is 0.242. The van der Waals surface area contributed by atoms with Gasteiger partial charge in [0.25, 0.3) is 0 Å². The van der Waals surface area contributed by atoms with Crippen molar-refractivity contribution in [2.75, 3.05) is 7.11 Å². The standard InChI is InChI=1S/C16H17NO3/c1-11(16(19)20-2)17-15(18)10-12-7-8-13-5-3-4-6-14(13)9-12/h3-9,11H,10H2,1-2H3,(H,17,18). The Morgan fingerprint density at radius 3 is 2.55 bits per heavy atom. The van der Waals surface area contributed by atoms with E-state index >= 15 is 0 Å². The fraction of sp³-hybridized carbons (Fsp3) is 0.250. The van der Waals surface area contributed by atoms with Crippen LogP contribution in [0.15, 0.2) is 42.5 Å². The van der Waals surface area contributed by atoms with Crippen LogP contribution in [-0.2, 0) is 20.7 Å². The van der Waals surface area contributed by atoms with E-state index in [2.05, 4.69) is 10.1 Å². The average Bonchev–Trinajstić information content (AvgIpc) is 2.46. The summed E-state index contributed by atoms with van der Waals surface area (Å²) >= 11 is 0. The van der Waals surface area contributed by atoms with E-state index in [1.807, 2.05) is 42.5 Å². The minimum absolute atomic E-state index is 0.196. The molecular weight excluding hydrogens is 254 g/mol. The molecule has 2 rings (SSSR count). The number of benzene rings is 2. The first-order valence-corrected chi connectivity index (χ1v) is 6.45. The summed E-state index contributed by atoms with van der Waals surface area (Å²) in [4.78, 5) is 23.1. The zero-order valence-electron chi connectivity index (χ0n) is 11.6. The number of ether oxygens (including phenoxy) is 1. The van der Waals surface area contributed by atoms with Gasteiger partial charge in [-0.25, -0.2) is 4.79 Å². The Kier molecular flexibility index (Phi) is 4.35. The van der Waals surface area contributed by atoms with Crippen LogP contribution in [0.4, 0.5) is 0 Å². The highest BCUT2D eigenvalue weighted by atomic mass is 16.5. The van der Waals surface area contributed by atoms with Crippen molar-refractivity contribution >= 4 is 22.6 Å². The first-order chi connectivity index (χ1) is 9.60. The van der Waals surface area contributed by atoms with Crippen LogP contribution in [0.25, 0.3) is 10.8 Å². The molecule has 1 amide bonds. The summed E-state index contributed by atoms with van der Waals surface area (Å²) in [5, 5.41) is 4.85. The highest BCUT2D eigenvalue weighted by Crippen LogP contribution is 2.15. The lowest BCUT2D eigenvalue weighted by atomic mass is 10.0. The maximum atomic E-state index is 11.9. The zero-order valence-corrected chi connectivity index (χ0v) is 11.6. The molecule has 0 bridgehead atoms. The molecule has 4 nitrogen and oxygen atoms in total. The van der Waals surface area contributed by atoms with Crippen molar-refractivity contribution in [2.45, 2.75) is 19.4 Å². The van der Waals surface area contributed by atoms with Crippen LogP contribution in [-0.4, -0.2) is 25.0 Å². The van der Waals surface area contributed by atoms with Crippen molar-refractivity contribution in [1.82, 2.24) is 5.32 Å². The van der Waals surface area contributed by atoms with E-state index in [9.17, 15) is 9.59 Å². The summed E-state index contributed by atoms with van der Waals surface area (Å²) in [5.74, 6) is -0.643. The average molecular weight is 271 g/mol. The number of nitrogens with one attached hydrogen (secondary N) is 1. The minimum atomic E-state index is -0.632. The number of amides is 1. The summed E-state index contributed by atoms with van der Waals surface area (Å²) < 4.78 is 4.57. The van der Waals surface area contributed by atoms with Crippen LogP contribution in [0.2, 0.25) is 0 Å². The lowest BCUT2D eigenvalue weighted by Gasteiger charge is -2.11. The van der Waals surface area contributed by atoms with Crippen LogP contribution >= 0.6 is 0 Å². The molecule has 0 fully saturated rings. The van der Waals surface area contributed by atoms with Crippen LogP contribution in [0.1, 0.15) is 12.5 Å². The Bertz CT molecular complexity index is 636. The summed E-state index contributed by atoms with van der Waals surface area (Å²) in [7, 11) is 1.30. The van der Waals surface area contributed by atoms with Gasteiger partial charge in [-0.2, -0.15) is 0 Å². The van der Waals surface area contributed by atoms with Gasteiger partial charge in [0.05, 0.1) is 13.5 Å². The van der Waals surface area contributed by atoms with E-state index in [4.69, 9.17) is 0 Å². The van der Waals surface area contributed by atoms with Crippen molar-refractivity contribution in [3.05, 3.63) is 48.0 Å². The molecule has 0 saturated carbocycles. The Balaban J connectivity index is 2.04. The summed E-state index contributed by atoms with van der Waals surface area (Å²) in [6, 6.07) is 13.2. The number of fused-ring (bicyclic) bond motifs is 1. The normalized spacial score (nSPS) is 11.9. The van der Waals surface area contributed by atoms with Gasteiger partial charge in [-0.3, -0.25) is 4.79 Å². The van der Waals surface area contributed by atoms with E-state index in [1.54, 1.807) is 6.92 Å². The molecular formula is C16H17NO3. The quantitative estimate of drug-likeness (QED) is 0.866. The number of esters is 1. The Labute approximate surface area is 117 Å². The highest BCUT2D eigenvalue weighted by molar-refractivity contribution is 5.87. The monoisotopic (exact) mass is 271 g/mol. The predicted octanol–water partition coefficient (Wildman–Crippen LogP) is 2.06. The maximum Gasteiger partial charge on any atom is 0.328 e. The molecule has 0 aromatic heterocycles. The number of rotatable bonds is 4. The molecule has 0 saturated heterocycles. The molecule has 20 heavy (non-hydrogen) atoms. The fourth-order valence-electron chi connectivity index (χ4n) is 2.06. The van der Waals surface area contributed by atoms with E-state index < -0.39 is 12.0 Å². The molecule has 0 heterocycles. The van der Waals surface area contributed by atoms with Gasteiger partial charge in [0.15, 0.2) is 0 Å². The van der Waals surface area contributed by atoms with E-state index in [0.717, 1.165) is 16.3 Å². The fourth-order valence-corrected chi connectivity index (χ4v) is 2.06. The van der Waals surface area contributed by atoms with Gasteiger partial charge in [0.2, 0.25) is 5.91 Å². The predicted molar refractivity (Wildman–Crippen MR) is 77.3 cm³/mol. The molecule has 2 aromatic carbocycles. The van der Waals surface area contributed by atoms with Crippen LogP contribution in [0.3, 0.4) is 0 Å². The molecule has 1 unspecified atom stereocenters. The van der Waals surface area contributed by atoms with Crippen molar-refractivity contribution < 1.29 is 14.3 Å². The number of hydrogen-bond acceptors (Lipinski definition) is 3. The Morgan fingerprint density at radius 1 is 1.15 bits per heavy atom. The molecule has 0 aliphatic carbocycles. The molecule has 1 atom stereocenters. The van der Waals surface area contributed by atoms with Gasteiger partial charge < -0.3 is 10.1 Å². The number of carbonyl (C=O) groups excluding carboxylic acids is 2. The molecule has 1 N–H and O–H groups in total. The molecule has 104 valence electrons. The lowest BCUT2D eigenvalue weighted by Crippen LogP contribution is -2.39. The summed E-state index contributed by atoms with van der Waals surface area (Å²) in [5.41, 5.74) is 0.915. The molecule has 0 radical (unpaired) electrons. The minimum Gasteiger partial charge on any atom is -0.467 e. The van der Waals surface area contributed by atoms with Crippen LogP contribution in [0.5, 0.6) is 0 Å². The SMILES string of the molecule is COC(=O)C(C)NC(=O)Cc1ccc2ccccc2c1. The van der Waals surface area contributed by atoms with E-state index in [0.29, 0.717) is 0 Å². The van der Waals surface area contributed by atoms with Gasteiger partial charge >= 0.3 is 5.97 Å². The number of carbonyl (C=O) groups is 2. The Hall–Kier alpha value is -2.36. The number of methoxy groups -OCH3 is 1. The van der Waals surface area contributed by atoms with Crippen molar-refractivity contribution in [3.8, 4) is 0 Å². The first-order valence-electron chi connectivity index (χ1n) is 6.45. The van der Waals surface area contributed by atoms with Crippen molar-refractivity contribution in [1.29, 1.82) is 0 Å². The van der Waals surface area contributed by atoms with Gasteiger partial charge in [0, 0.05) is 0 Å². The van der Waals surface area contributed by atoms with Gasteiger partial charge in [-0.1, -0.05) is 42.5 Å². The molecule has 0 aliphatic rings. The lowest BCUT2D eigenvalue weighted by molar-refractivity contribution is -0.144. The van der Waals surface area contributed by atoms with Crippen molar-refractivity contribution in [3.63, 3.8) is 0 Å². The third-order valence-electron chi connectivity index (χ3n) is 3.11. The maximum absolute atomic E-state index is 11.9. The second kappa shape index (κ2) is 6.19. The van der Waals surface area contributed by atoms with E-state index in [-0.39, 0.29) is 12.3 Å². The smallest absolute Gasteiger partial charge is 0.328 e. The van der Waals surface area contributed by atoms with E-state index in [1.165, 1.54) is 7.11 Å². The Morgan fingerprint density at radius 2 is 1.85 bits per heavy atom. The second-order valence-corrected chi connectivity index (χ2v) is 4.67. The largest absolute Gasteiger partial charge is 0.467 e. The van der Waals surface area contributed by atoms with Gasteiger partial charge in [-0.15, -0.1) is 0 Å². The number of hydrogen-bond donors (Lipinski definition) is 1. The van der Waals surface area contributed by atoms with Crippen molar-refractivity contribution in [2.24, 2.45) is 0 Å². The van der Waals surface area contributed by atoms with Crippen LogP contribution < -0.4 is 5.32 Å². The third kappa shape index (κ3) is 3.35. The summed E-state index contributed by atoms with van der Waals surface area (Å²) in [6.45, 7) is 1.60. The topological polar surface area (TPSA) is 55.4 Å². The molecule has 2 aromatic rings. The zero-order chi connectivity index (χ0) is 14.5. The second-order valence-electron chi connectivity index (χ2n) is 4.67. The molecule has 0 aliphatic heterocycles. The van der Waals surface area contributed by atoms with Gasteiger partial charge in [0.1, 0.15) is 6.04 Å². The van der Waals surface area contributed by atoms with Gasteiger partial charge in [-0.05, 0) is 23.3 Å². The highest BCUT2D eigenvalue weighted by Gasteiger charge is 2.15.